The summed E-state index contributed by atoms with van der Waals surface area (Å²) < 4.78 is 38.6. The van der Waals surface area contributed by atoms with Crippen LogP contribution in [0.15, 0.2) is 36.4 Å². The summed E-state index contributed by atoms with van der Waals surface area (Å²) >= 11 is 0. The minimum Gasteiger partial charge on any atom is -0.490 e. The largest absolute Gasteiger partial charge is 0.490 e. The van der Waals surface area contributed by atoms with Crippen molar-refractivity contribution in [3.63, 3.8) is 0 Å². The lowest BCUT2D eigenvalue weighted by Crippen LogP contribution is -2.53. The number of hydrogen-bond donors (Lipinski definition) is 2. The van der Waals surface area contributed by atoms with Gasteiger partial charge in [0.2, 0.25) is 0 Å². The molecule has 1 fully saturated rings. The highest BCUT2D eigenvalue weighted by atomic mass is 19.1. The maximum Gasteiger partial charge on any atom is 0.305 e. The quantitative estimate of drug-likeness (QED) is 0.727. The molecule has 10 heteroatoms. The van der Waals surface area contributed by atoms with Crippen LogP contribution >= 0.6 is 0 Å². The highest BCUT2D eigenvalue weighted by Crippen LogP contribution is 2.32. The summed E-state index contributed by atoms with van der Waals surface area (Å²) in [5, 5.41) is 11.6. The van der Waals surface area contributed by atoms with E-state index in [1.807, 2.05) is 0 Å². The average molecular weight is 460 g/mol. The van der Waals surface area contributed by atoms with Gasteiger partial charge in [0.25, 0.3) is 11.8 Å². The van der Waals surface area contributed by atoms with E-state index in [1.165, 1.54) is 23.1 Å². The fourth-order valence-corrected chi connectivity index (χ4v) is 4.19. The molecule has 174 valence electrons. The highest BCUT2D eigenvalue weighted by molar-refractivity contribution is 6.05. The van der Waals surface area contributed by atoms with Crippen molar-refractivity contribution in [1.82, 2.24) is 4.90 Å². The van der Waals surface area contributed by atoms with E-state index in [2.05, 4.69) is 5.32 Å². The Hall–Kier alpha value is -3.53. The Morgan fingerprint density at radius 1 is 1.15 bits per heavy atom. The van der Waals surface area contributed by atoms with Crippen molar-refractivity contribution in [2.45, 2.75) is 37.5 Å². The van der Waals surface area contributed by atoms with E-state index in [0.29, 0.717) is 18.9 Å². The third-order valence-electron chi connectivity index (χ3n) is 5.80. The molecule has 0 radical (unpaired) electrons. The Bertz CT molecular complexity index is 1090. The lowest BCUT2D eigenvalue weighted by molar-refractivity contribution is -0.148. The minimum atomic E-state index is -0.949. The molecule has 3 atom stereocenters. The van der Waals surface area contributed by atoms with E-state index in [1.54, 1.807) is 7.05 Å². The Labute approximate surface area is 188 Å². The first-order valence-corrected chi connectivity index (χ1v) is 10.4. The molecule has 0 aromatic heterocycles. The molecule has 2 aliphatic rings. The van der Waals surface area contributed by atoms with Gasteiger partial charge in [0, 0.05) is 24.4 Å². The van der Waals surface area contributed by atoms with Gasteiger partial charge in [-0.25, -0.2) is 8.78 Å². The van der Waals surface area contributed by atoms with Crippen LogP contribution in [-0.2, 0) is 9.53 Å². The minimum absolute atomic E-state index is 0.115. The van der Waals surface area contributed by atoms with Crippen molar-refractivity contribution >= 4 is 23.5 Å². The zero-order valence-corrected chi connectivity index (χ0v) is 17.7. The van der Waals surface area contributed by atoms with Gasteiger partial charge in [-0.05, 0) is 43.2 Å². The fraction of sp³-hybridized carbons (Fsp3) is 0.348. The molecular formula is C23H22F2N2O6. The summed E-state index contributed by atoms with van der Waals surface area (Å²) in [5.74, 6) is -3.50. The first kappa shape index (κ1) is 22.7. The summed E-state index contributed by atoms with van der Waals surface area (Å²) in [4.78, 5) is 38.2. The molecule has 4 rings (SSSR count). The van der Waals surface area contributed by atoms with E-state index in [0.717, 1.165) is 12.1 Å². The standard InChI is InChI=1S/C23H22F2N2O6/c1-27-18-4-3-16(10-21(28)29)33-20(18)11-32-19-5-2-15(9-17(19)23(27)31)26-22(30)12-6-13(24)8-14(25)7-12/h2,5-9,16,18,20H,3-4,10-11H2,1H3,(H,26,30)(H,28,29)/t16-,18+,20-/m0/s1. The van der Waals surface area contributed by atoms with Crippen LogP contribution in [0.5, 0.6) is 5.75 Å². The summed E-state index contributed by atoms with van der Waals surface area (Å²) in [7, 11) is 1.64. The topological polar surface area (TPSA) is 105 Å². The summed E-state index contributed by atoms with van der Waals surface area (Å²) in [6, 6.07) is 6.65. The molecule has 0 aliphatic carbocycles. The average Bonchev–Trinajstić information content (AvgIpc) is 2.75. The lowest BCUT2D eigenvalue weighted by Gasteiger charge is -2.42. The van der Waals surface area contributed by atoms with Crippen molar-refractivity contribution in [3.8, 4) is 5.75 Å². The van der Waals surface area contributed by atoms with Gasteiger partial charge in [0.15, 0.2) is 0 Å². The lowest BCUT2D eigenvalue weighted by atomic mass is 9.94. The van der Waals surface area contributed by atoms with Crippen LogP contribution in [0, 0.1) is 11.6 Å². The number of carbonyl (C=O) groups excluding carboxylic acids is 2. The first-order valence-electron chi connectivity index (χ1n) is 10.4. The van der Waals surface area contributed by atoms with Crippen molar-refractivity contribution in [2.75, 3.05) is 19.0 Å². The van der Waals surface area contributed by atoms with E-state index in [-0.39, 0.29) is 47.5 Å². The first-order chi connectivity index (χ1) is 15.7. The monoisotopic (exact) mass is 460 g/mol. The van der Waals surface area contributed by atoms with Crippen LogP contribution in [0.2, 0.25) is 0 Å². The summed E-state index contributed by atoms with van der Waals surface area (Å²) in [5.41, 5.74) is 0.274. The van der Waals surface area contributed by atoms with Crippen LogP contribution in [0.25, 0.3) is 0 Å². The number of nitrogens with one attached hydrogen (secondary N) is 1. The van der Waals surface area contributed by atoms with Crippen molar-refractivity contribution < 1.29 is 37.7 Å². The van der Waals surface area contributed by atoms with Crippen LogP contribution in [0.1, 0.15) is 40.0 Å². The molecule has 2 heterocycles. The molecule has 2 N–H and O–H groups in total. The summed E-state index contributed by atoms with van der Waals surface area (Å²) in [6.07, 6.45) is 0.0199. The predicted molar refractivity (Wildman–Crippen MR) is 112 cm³/mol. The number of carbonyl (C=O) groups is 3. The van der Waals surface area contributed by atoms with Crippen LogP contribution < -0.4 is 10.1 Å². The number of benzene rings is 2. The second-order valence-electron chi connectivity index (χ2n) is 8.09. The normalized spacial score (nSPS) is 22.3. The van der Waals surface area contributed by atoms with Gasteiger partial charge in [0.1, 0.15) is 30.1 Å². The molecule has 0 spiro atoms. The molecule has 2 aromatic carbocycles. The predicted octanol–water partition coefficient (Wildman–Crippen LogP) is 3.07. The van der Waals surface area contributed by atoms with Crippen LogP contribution in [-0.4, -0.2) is 59.7 Å². The maximum atomic E-state index is 13.4. The van der Waals surface area contributed by atoms with Crippen molar-refractivity contribution in [1.29, 1.82) is 0 Å². The zero-order chi connectivity index (χ0) is 23.7. The maximum absolute atomic E-state index is 13.4. The van der Waals surface area contributed by atoms with Gasteiger partial charge in [-0.1, -0.05) is 0 Å². The molecule has 2 aromatic rings. The molecule has 8 nitrogen and oxygen atoms in total. The summed E-state index contributed by atoms with van der Waals surface area (Å²) in [6.45, 7) is 0.125. The smallest absolute Gasteiger partial charge is 0.305 e. The molecule has 33 heavy (non-hydrogen) atoms. The van der Waals surface area contributed by atoms with E-state index in [4.69, 9.17) is 14.6 Å². The van der Waals surface area contributed by atoms with E-state index in [9.17, 15) is 23.2 Å². The third kappa shape index (κ3) is 4.95. The Morgan fingerprint density at radius 2 is 1.88 bits per heavy atom. The van der Waals surface area contributed by atoms with Crippen molar-refractivity contribution in [2.24, 2.45) is 0 Å². The van der Waals surface area contributed by atoms with Crippen LogP contribution in [0.3, 0.4) is 0 Å². The number of ether oxygens (including phenoxy) is 2. The van der Waals surface area contributed by atoms with Gasteiger partial charge < -0.3 is 24.8 Å². The number of fused-ring (bicyclic) bond motifs is 2. The van der Waals surface area contributed by atoms with Crippen LogP contribution in [0.4, 0.5) is 14.5 Å². The van der Waals surface area contributed by atoms with Gasteiger partial charge in [-0.2, -0.15) is 0 Å². The molecule has 1 saturated heterocycles. The van der Waals surface area contributed by atoms with Gasteiger partial charge >= 0.3 is 5.97 Å². The van der Waals surface area contributed by atoms with Gasteiger partial charge in [-0.3, -0.25) is 14.4 Å². The highest BCUT2D eigenvalue weighted by Gasteiger charge is 2.39. The second kappa shape index (κ2) is 9.14. The number of halogens is 2. The molecule has 0 bridgehead atoms. The number of nitrogens with zero attached hydrogens (tertiary/aromatic N) is 1. The Kier molecular flexibility index (Phi) is 6.28. The number of amides is 2. The number of anilines is 1. The SMILES string of the molecule is CN1C(=O)c2cc(NC(=O)c3cc(F)cc(F)c3)ccc2OC[C@@H]2O[C@H](CC(=O)O)CC[C@H]21. The molecule has 2 aliphatic heterocycles. The number of hydrogen-bond acceptors (Lipinski definition) is 5. The number of likely N-dealkylation sites (N-methyl/N-ethyl adjacent to an activating group) is 1. The zero-order valence-electron chi connectivity index (χ0n) is 17.7. The third-order valence-corrected chi connectivity index (χ3v) is 5.80. The number of carboxylic acid groups (broad SMARTS) is 1. The number of aliphatic carboxylic acids is 1. The van der Waals surface area contributed by atoms with E-state index < -0.39 is 35.7 Å². The second-order valence-corrected chi connectivity index (χ2v) is 8.09. The number of carboxylic acids is 1. The molecule has 0 saturated carbocycles. The fourth-order valence-electron chi connectivity index (χ4n) is 4.19. The molecule has 0 unspecified atom stereocenters. The van der Waals surface area contributed by atoms with Crippen molar-refractivity contribution in [3.05, 3.63) is 59.2 Å². The number of rotatable bonds is 4. The van der Waals surface area contributed by atoms with Gasteiger partial charge in [0.05, 0.1) is 24.1 Å². The molecule has 2 amide bonds. The Balaban J connectivity index is 1.54. The molecular weight excluding hydrogens is 438 g/mol. The van der Waals surface area contributed by atoms with Gasteiger partial charge in [-0.15, -0.1) is 0 Å². The van der Waals surface area contributed by atoms with E-state index >= 15 is 0 Å². The Morgan fingerprint density at radius 3 is 2.58 bits per heavy atom.